The van der Waals surface area contributed by atoms with Crippen molar-refractivity contribution < 1.29 is 4.79 Å². The quantitative estimate of drug-likeness (QED) is 0.881. The molecule has 1 unspecified atom stereocenters. The van der Waals surface area contributed by atoms with Gasteiger partial charge in [0, 0.05) is 10.9 Å². The van der Waals surface area contributed by atoms with E-state index in [9.17, 15) is 4.79 Å². The van der Waals surface area contributed by atoms with Crippen LogP contribution in [0.15, 0.2) is 12.1 Å². The molecule has 0 aliphatic heterocycles. The van der Waals surface area contributed by atoms with Gasteiger partial charge in [0.15, 0.2) is 0 Å². The van der Waals surface area contributed by atoms with Crippen LogP contribution in [-0.2, 0) is 0 Å². The normalized spacial score (nSPS) is 38.5. The molecule has 1 N–H and O–H groups in total. The van der Waals surface area contributed by atoms with Gasteiger partial charge in [-0.3, -0.25) is 4.79 Å². The molecule has 4 saturated carbocycles. The van der Waals surface area contributed by atoms with Crippen molar-refractivity contribution in [2.45, 2.75) is 58.4 Å². The molecule has 0 spiro atoms. The summed E-state index contributed by atoms with van der Waals surface area (Å²) in [4.78, 5) is 14.5. The van der Waals surface area contributed by atoms with Crippen LogP contribution in [0.4, 0.5) is 0 Å². The van der Waals surface area contributed by atoms with Crippen LogP contribution in [0.25, 0.3) is 0 Å². The first-order valence-corrected chi connectivity index (χ1v) is 9.23. The molecule has 4 bridgehead atoms. The van der Waals surface area contributed by atoms with Gasteiger partial charge in [0.05, 0.1) is 4.88 Å². The van der Waals surface area contributed by atoms with Gasteiger partial charge in [-0.2, -0.15) is 0 Å². The molecule has 1 heterocycles. The summed E-state index contributed by atoms with van der Waals surface area (Å²) in [5.41, 5.74) is 0.400. The van der Waals surface area contributed by atoms with Crippen molar-refractivity contribution in [1.29, 1.82) is 0 Å². The van der Waals surface area contributed by atoms with Gasteiger partial charge < -0.3 is 5.32 Å². The predicted molar refractivity (Wildman–Crippen MR) is 86.6 cm³/mol. The molecular weight excluding hydrogens is 278 g/mol. The monoisotopic (exact) mass is 303 g/mol. The molecule has 4 fully saturated rings. The molecule has 4 aliphatic rings. The second-order valence-corrected chi connectivity index (χ2v) is 9.17. The Labute approximate surface area is 131 Å². The Hall–Kier alpha value is -0.830. The fourth-order valence-corrected chi connectivity index (χ4v) is 6.46. The summed E-state index contributed by atoms with van der Waals surface area (Å²) < 4.78 is 0. The first kappa shape index (κ1) is 13.8. The zero-order valence-electron chi connectivity index (χ0n) is 13.0. The SMILES string of the molecule is Cc1ccc(C(=O)NC(C)C23CC4CC(CC(C4)C2)C3)s1. The third-order valence-electron chi connectivity index (χ3n) is 6.32. The predicted octanol–water partition coefficient (Wildman–Crippen LogP) is 4.39. The second-order valence-electron chi connectivity index (χ2n) is 7.89. The minimum Gasteiger partial charge on any atom is -0.348 e. The van der Waals surface area contributed by atoms with Crippen LogP contribution >= 0.6 is 11.3 Å². The summed E-state index contributed by atoms with van der Waals surface area (Å²) in [7, 11) is 0. The van der Waals surface area contributed by atoms with Crippen molar-refractivity contribution in [2.75, 3.05) is 0 Å². The lowest BCUT2D eigenvalue weighted by atomic mass is 9.48. The van der Waals surface area contributed by atoms with E-state index >= 15 is 0 Å². The standard InChI is InChI=1S/C18H25NOS/c1-11-3-4-16(21-11)17(20)19-12(2)18-8-13-5-14(9-18)7-15(6-13)10-18/h3-4,12-15H,5-10H2,1-2H3,(H,19,20). The molecule has 0 radical (unpaired) electrons. The lowest BCUT2D eigenvalue weighted by Gasteiger charge is -2.59. The van der Waals surface area contributed by atoms with E-state index in [2.05, 4.69) is 19.2 Å². The summed E-state index contributed by atoms with van der Waals surface area (Å²) in [6, 6.07) is 4.32. The Balaban J connectivity index is 1.50. The highest BCUT2D eigenvalue weighted by Crippen LogP contribution is 2.61. The van der Waals surface area contributed by atoms with Gasteiger partial charge >= 0.3 is 0 Å². The van der Waals surface area contributed by atoms with Crippen molar-refractivity contribution in [2.24, 2.45) is 23.2 Å². The second kappa shape index (κ2) is 4.84. The summed E-state index contributed by atoms with van der Waals surface area (Å²) in [6.07, 6.45) is 8.44. The Bertz CT molecular complexity index is 526. The van der Waals surface area contributed by atoms with Crippen molar-refractivity contribution in [3.63, 3.8) is 0 Å². The number of carbonyl (C=O) groups is 1. The van der Waals surface area contributed by atoms with Gasteiger partial charge in [0.2, 0.25) is 0 Å². The van der Waals surface area contributed by atoms with Gasteiger partial charge in [0.1, 0.15) is 0 Å². The molecule has 3 heteroatoms. The number of thiophene rings is 1. The highest BCUT2D eigenvalue weighted by atomic mass is 32.1. The number of nitrogens with one attached hydrogen (secondary N) is 1. The number of rotatable bonds is 3. The lowest BCUT2D eigenvalue weighted by molar-refractivity contribution is -0.0687. The van der Waals surface area contributed by atoms with Crippen LogP contribution in [0.3, 0.4) is 0 Å². The number of amides is 1. The third-order valence-corrected chi connectivity index (χ3v) is 7.32. The molecular formula is C18H25NOS. The molecule has 114 valence electrons. The van der Waals surface area contributed by atoms with Crippen LogP contribution < -0.4 is 5.32 Å². The molecule has 5 rings (SSSR count). The van der Waals surface area contributed by atoms with Crippen molar-refractivity contribution in [3.05, 3.63) is 21.9 Å². The number of hydrogen-bond acceptors (Lipinski definition) is 2. The van der Waals surface area contributed by atoms with Crippen LogP contribution in [0.1, 0.15) is 60.0 Å². The van der Waals surface area contributed by atoms with Crippen molar-refractivity contribution >= 4 is 17.2 Å². The molecule has 1 aromatic rings. The highest BCUT2D eigenvalue weighted by molar-refractivity contribution is 7.13. The Morgan fingerprint density at radius 1 is 1.19 bits per heavy atom. The molecule has 0 aromatic carbocycles. The highest BCUT2D eigenvalue weighted by Gasteiger charge is 2.53. The summed E-state index contributed by atoms with van der Waals surface area (Å²) in [5.74, 6) is 2.97. The molecule has 1 amide bonds. The van der Waals surface area contributed by atoms with Gasteiger partial charge in [-0.15, -0.1) is 11.3 Å². The number of hydrogen-bond donors (Lipinski definition) is 1. The Morgan fingerprint density at radius 3 is 2.24 bits per heavy atom. The Morgan fingerprint density at radius 2 is 1.76 bits per heavy atom. The summed E-state index contributed by atoms with van der Waals surface area (Å²) in [5, 5.41) is 3.34. The van der Waals surface area contributed by atoms with E-state index in [4.69, 9.17) is 0 Å². The summed E-state index contributed by atoms with van der Waals surface area (Å²) in [6.45, 7) is 4.31. The van der Waals surface area contributed by atoms with Crippen LogP contribution in [0, 0.1) is 30.1 Å². The van der Waals surface area contributed by atoms with E-state index < -0.39 is 0 Å². The van der Waals surface area contributed by atoms with Crippen molar-refractivity contribution in [1.82, 2.24) is 5.32 Å². The van der Waals surface area contributed by atoms with Gasteiger partial charge in [-0.05, 0) is 87.7 Å². The minimum atomic E-state index is 0.136. The first-order valence-electron chi connectivity index (χ1n) is 8.41. The van der Waals surface area contributed by atoms with E-state index in [0.717, 1.165) is 22.6 Å². The zero-order chi connectivity index (χ0) is 14.6. The van der Waals surface area contributed by atoms with Crippen molar-refractivity contribution in [3.8, 4) is 0 Å². The molecule has 1 aromatic heterocycles. The first-order chi connectivity index (χ1) is 10.0. The van der Waals surface area contributed by atoms with Crippen LogP contribution in [0.2, 0.25) is 0 Å². The van der Waals surface area contributed by atoms with E-state index in [-0.39, 0.29) is 5.91 Å². The van der Waals surface area contributed by atoms with E-state index in [0.29, 0.717) is 11.5 Å². The molecule has 1 atom stereocenters. The van der Waals surface area contributed by atoms with Gasteiger partial charge in [-0.25, -0.2) is 0 Å². The molecule has 2 nitrogen and oxygen atoms in total. The molecule has 0 saturated heterocycles. The smallest absolute Gasteiger partial charge is 0.261 e. The zero-order valence-corrected chi connectivity index (χ0v) is 13.8. The average molecular weight is 303 g/mol. The molecule has 4 aliphatic carbocycles. The lowest BCUT2D eigenvalue weighted by Crippen LogP contribution is -2.55. The topological polar surface area (TPSA) is 29.1 Å². The largest absolute Gasteiger partial charge is 0.348 e. The molecule has 21 heavy (non-hydrogen) atoms. The number of carbonyl (C=O) groups excluding carboxylic acids is 1. The Kier molecular flexibility index (Phi) is 3.18. The van der Waals surface area contributed by atoms with Gasteiger partial charge in [-0.1, -0.05) is 0 Å². The maximum Gasteiger partial charge on any atom is 0.261 e. The maximum absolute atomic E-state index is 12.5. The van der Waals surface area contributed by atoms with Gasteiger partial charge in [0.25, 0.3) is 5.91 Å². The van der Waals surface area contributed by atoms with E-state index in [1.165, 1.54) is 43.4 Å². The average Bonchev–Trinajstić information content (AvgIpc) is 2.84. The fraction of sp³-hybridized carbons (Fsp3) is 0.722. The van der Waals surface area contributed by atoms with Crippen LogP contribution in [0.5, 0.6) is 0 Å². The van der Waals surface area contributed by atoms with Crippen LogP contribution in [-0.4, -0.2) is 11.9 Å². The minimum absolute atomic E-state index is 0.136. The maximum atomic E-state index is 12.5. The van der Waals surface area contributed by atoms with E-state index in [1.807, 2.05) is 12.1 Å². The number of aryl methyl sites for hydroxylation is 1. The summed E-state index contributed by atoms with van der Waals surface area (Å²) >= 11 is 1.60. The third kappa shape index (κ3) is 2.34. The van der Waals surface area contributed by atoms with E-state index in [1.54, 1.807) is 11.3 Å². The fourth-order valence-electron chi connectivity index (χ4n) is 5.69.